The lowest BCUT2D eigenvalue weighted by molar-refractivity contribution is 0.255. The summed E-state index contributed by atoms with van der Waals surface area (Å²) in [7, 11) is 0. The topological polar surface area (TPSA) is 128 Å². The summed E-state index contributed by atoms with van der Waals surface area (Å²) in [5, 5.41) is 25.5. The fourth-order valence-corrected chi connectivity index (χ4v) is 4.88. The van der Waals surface area contributed by atoms with E-state index in [1.807, 2.05) is 66.7 Å². The second-order valence-corrected chi connectivity index (χ2v) is 10.9. The number of carbonyl (C=O) groups is 2. The van der Waals surface area contributed by atoms with Crippen LogP contribution in [0.5, 0.6) is 11.5 Å². The molecule has 8 nitrogen and oxygen atoms in total. The molecule has 10 heteroatoms. The van der Waals surface area contributed by atoms with Gasteiger partial charge in [0.05, 0.1) is 22.7 Å². The van der Waals surface area contributed by atoms with Crippen molar-refractivity contribution < 1.29 is 19.8 Å². The SMILES string of the molecule is NC(=O)N(c1ccccc1Br)c1cccc(/C=C/c2ccccc2)c1O.O=C(Nc1ccccc1O)Nc1ccccc1Br. The average Bonchev–Trinajstić information content (AvgIpc) is 3.01. The van der Waals surface area contributed by atoms with Crippen LogP contribution in [-0.4, -0.2) is 22.3 Å². The van der Waals surface area contributed by atoms with Gasteiger partial charge in [-0.2, -0.15) is 0 Å². The molecule has 0 bridgehead atoms. The maximum Gasteiger partial charge on any atom is 0.324 e. The number of urea groups is 2. The second-order valence-electron chi connectivity index (χ2n) is 9.16. The molecule has 0 saturated carbocycles. The number of nitrogens with zero attached hydrogens (tertiary/aromatic N) is 1. The molecule has 6 N–H and O–H groups in total. The molecule has 5 aromatic rings. The largest absolute Gasteiger partial charge is 0.506 e. The molecule has 44 heavy (non-hydrogen) atoms. The predicted molar refractivity (Wildman–Crippen MR) is 184 cm³/mol. The van der Waals surface area contributed by atoms with E-state index >= 15 is 0 Å². The van der Waals surface area contributed by atoms with Crippen molar-refractivity contribution >= 4 is 78.8 Å². The molecule has 0 heterocycles. The zero-order chi connectivity index (χ0) is 31.5. The molecule has 0 aliphatic heterocycles. The van der Waals surface area contributed by atoms with E-state index < -0.39 is 12.1 Å². The fourth-order valence-electron chi connectivity index (χ4n) is 4.03. The summed E-state index contributed by atoms with van der Waals surface area (Å²) in [6.45, 7) is 0. The van der Waals surface area contributed by atoms with Crippen LogP contribution in [0.1, 0.15) is 11.1 Å². The Morgan fingerprint density at radius 2 is 1.20 bits per heavy atom. The number of aromatic hydroxyl groups is 2. The van der Waals surface area contributed by atoms with Crippen LogP contribution in [-0.2, 0) is 0 Å². The first-order valence-electron chi connectivity index (χ1n) is 13.2. The number of amides is 4. The van der Waals surface area contributed by atoms with Crippen molar-refractivity contribution in [3.8, 4) is 11.5 Å². The van der Waals surface area contributed by atoms with Gasteiger partial charge in [-0.1, -0.05) is 91.0 Å². The average molecular weight is 716 g/mol. The van der Waals surface area contributed by atoms with Crippen LogP contribution in [0.3, 0.4) is 0 Å². The Morgan fingerprint density at radius 1 is 0.636 bits per heavy atom. The number of carbonyl (C=O) groups excluding carboxylic acids is 2. The van der Waals surface area contributed by atoms with Gasteiger partial charge in [0.25, 0.3) is 0 Å². The number of nitrogens with one attached hydrogen (secondary N) is 2. The Balaban J connectivity index is 0.000000215. The quantitative estimate of drug-likeness (QED) is 0.0887. The number of benzene rings is 5. The van der Waals surface area contributed by atoms with E-state index in [2.05, 4.69) is 42.5 Å². The third kappa shape index (κ3) is 8.50. The molecule has 0 aliphatic rings. The Kier molecular flexibility index (Phi) is 11.2. The van der Waals surface area contributed by atoms with Crippen molar-refractivity contribution in [1.29, 1.82) is 0 Å². The maximum atomic E-state index is 12.1. The highest BCUT2D eigenvalue weighted by Crippen LogP contribution is 2.39. The number of primary amides is 1. The molecular formula is C34H28Br2N4O4. The highest BCUT2D eigenvalue weighted by Gasteiger charge is 2.21. The van der Waals surface area contributed by atoms with E-state index in [0.29, 0.717) is 32.8 Å². The summed E-state index contributed by atoms with van der Waals surface area (Å²) in [6.07, 6.45) is 3.69. The third-order valence-electron chi connectivity index (χ3n) is 6.13. The molecule has 0 radical (unpaired) electrons. The lowest BCUT2D eigenvalue weighted by Crippen LogP contribution is -2.31. The fraction of sp³-hybridized carbons (Fsp3) is 0. The van der Waals surface area contributed by atoms with Crippen LogP contribution in [0.4, 0.5) is 32.3 Å². The van der Waals surface area contributed by atoms with Crippen LogP contribution in [0.25, 0.3) is 12.2 Å². The van der Waals surface area contributed by atoms with E-state index in [0.717, 1.165) is 10.0 Å². The van der Waals surface area contributed by atoms with Gasteiger partial charge in [0, 0.05) is 14.5 Å². The van der Waals surface area contributed by atoms with Gasteiger partial charge in [0.2, 0.25) is 0 Å². The van der Waals surface area contributed by atoms with Crippen molar-refractivity contribution in [2.24, 2.45) is 5.73 Å². The molecule has 4 amide bonds. The van der Waals surface area contributed by atoms with Crippen LogP contribution in [0, 0.1) is 0 Å². The molecule has 0 unspecified atom stereocenters. The predicted octanol–water partition coefficient (Wildman–Crippen LogP) is 9.34. The minimum atomic E-state index is -0.684. The monoisotopic (exact) mass is 714 g/mol. The first kappa shape index (κ1) is 31.9. The number of phenols is 2. The van der Waals surface area contributed by atoms with Crippen molar-refractivity contribution in [3.05, 3.63) is 141 Å². The number of hydrogen-bond acceptors (Lipinski definition) is 4. The Bertz CT molecular complexity index is 1730. The number of rotatable bonds is 6. The molecule has 0 aliphatic carbocycles. The zero-order valence-electron chi connectivity index (χ0n) is 23.2. The van der Waals surface area contributed by atoms with Gasteiger partial charge < -0.3 is 26.6 Å². The van der Waals surface area contributed by atoms with Crippen LogP contribution < -0.4 is 21.3 Å². The third-order valence-corrected chi connectivity index (χ3v) is 7.49. The molecule has 0 saturated heterocycles. The first-order chi connectivity index (χ1) is 21.2. The van der Waals surface area contributed by atoms with E-state index in [9.17, 15) is 19.8 Å². The number of anilines is 4. The van der Waals surface area contributed by atoms with Gasteiger partial charge in [-0.25, -0.2) is 9.59 Å². The number of phenolic OH excluding ortho intramolecular Hbond substituents is 2. The van der Waals surface area contributed by atoms with Crippen molar-refractivity contribution in [2.75, 3.05) is 15.5 Å². The minimum absolute atomic E-state index is 0.0192. The van der Waals surface area contributed by atoms with Crippen LogP contribution in [0.15, 0.2) is 130 Å². The molecular weight excluding hydrogens is 688 g/mol. The highest BCUT2D eigenvalue weighted by molar-refractivity contribution is 9.11. The van der Waals surface area contributed by atoms with E-state index in [4.69, 9.17) is 5.73 Å². The van der Waals surface area contributed by atoms with Gasteiger partial charge in [0.15, 0.2) is 0 Å². The summed E-state index contributed by atoms with van der Waals surface area (Å²) >= 11 is 6.75. The Morgan fingerprint density at radius 3 is 1.86 bits per heavy atom. The minimum Gasteiger partial charge on any atom is -0.506 e. The lowest BCUT2D eigenvalue weighted by atomic mass is 10.1. The first-order valence-corrected chi connectivity index (χ1v) is 14.8. The van der Waals surface area contributed by atoms with Gasteiger partial charge in [-0.3, -0.25) is 4.90 Å². The van der Waals surface area contributed by atoms with Crippen LogP contribution >= 0.6 is 31.9 Å². The highest BCUT2D eigenvalue weighted by atomic mass is 79.9. The molecule has 5 rings (SSSR count). The number of para-hydroxylation sites is 5. The maximum absolute atomic E-state index is 12.1. The summed E-state index contributed by atoms with van der Waals surface area (Å²) in [5.41, 5.74) is 9.08. The van der Waals surface area contributed by atoms with Gasteiger partial charge in [0.1, 0.15) is 11.5 Å². The van der Waals surface area contributed by atoms with Crippen molar-refractivity contribution in [2.45, 2.75) is 0 Å². The van der Waals surface area contributed by atoms with Crippen LogP contribution in [0.2, 0.25) is 0 Å². The Hall–Kier alpha value is -5.06. The molecule has 0 atom stereocenters. The second kappa shape index (κ2) is 15.4. The van der Waals surface area contributed by atoms with Gasteiger partial charge in [-0.05, 0) is 79.9 Å². The van der Waals surface area contributed by atoms with Crippen molar-refractivity contribution in [3.63, 3.8) is 0 Å². The molecule has 0 spiro atoms. The van der Waals surface area contributed by atoms with Gasteiger partial charge in [-0.15, -0.1) is 0 Å². The van der Waals surface area contributed by atoms with Gasteiger partial charge >= 0.3 is 12.1 Å². The van der Waals surface area contributed by atoms with E-state index in [-0.39, 0.29) is 11.5 Å². The summed E-state index contributed by atoms with van der Waals surface area (Å²) in [4.78, 5) is 25.1. The summed E-state index contributed by atoms with van der Waals surface area (Å²) in [5.74, 6) is 0.00834. The molecule has 0 aromatic heterocycles. The summed E-state index contributed by atoms with van der Waals surface area (Å²) < 4.78 is 1.49. The standard InChI is InChI=1S/C21H17BrN2O2.C13H11BrN2O2/c22-17-10-4-5-11-18(17)24(21(23)26)19-12-6-9-16(20(19)25)14-13-15-7-2-1-3-8-15;14-9-5-1-2-6-10(9)15-13(18)16-11-7-3-4-8-12(11)17/h1-14,25H,(H2,23,26);1-8,17H,(H2,15,16,18)/b14-13+;. The number of hydrogen-bond donors (Lipinski definition) is 5. The number of nitrogens with two attached hydrogens (primary N) is 1. The normalized spacial score (nSPS) is 10.4. The molecule has 222 valence electrons. The van der Waals surface area contributed by atoms with E-state index in [1.165, 1.54) is 11.0 Å². The molecule has 0 fully saturated rings. The zero-order valence-corrected chi connectivity index (χ0v) is 26.4. The smallest absolute Gasteiger partial charge is 0.324 e. The lowest BCUT2D eigenvalue weighted by Gasteiger charge is -2.23. The molecule has 5 aromatic carbocycles. The number of halogens is 2. The summed E-state index contributed by atoms with van der Waals surface area (Å²) in [6, 6.07) is 34.9. The van der Waals surface area contributed by atoms with Crippen molar-refractivity contribution in [1.82, 2.24) is 0 Å². The Labute approximate surface area is 271 Å². The van der Waals surface area contributed by atoms with E-state index in [1.54, 1.807) is 60.7 Å².